The lowest BCUT2D eigenvalue weighted by molar-refractivity contribution is -0.136. The van der Waals surface area contributed by atoms with Crippen LogP contribution in [0.1, 0.15) is 12.5 Å². The monoisotopic (exact) mass is 251 g/mol. The summed E-state index contributed by atoms with van der Waals surface area (Å²) in [4.78, 5) is 12.3. The topological polar surface area (TPSA) is 52.3 Å². The quantitative estimate of drug-likeness (QED) is 0.387. The second kappa shape index (κ2) is 6.35. The van der Waals surface area contributed by atoms with Crippen LogP contribution >= 0.6 is 11.8 Å². The van der Waals surface area contributed by atoms with Crippen LogP contribution in [0.3, 0.4) is 0 Å². The smallest absolute Gasteiger partial charge is 0.333 e. The zero-order chi connectivity index (χ0) is 12.8. The molecule has 0 saturated heterocycles. The van der Waals surface area contributed by atoms with Crippen molar-refractivity contribution >= 4 is 23.4 Å². The van der Waals surface area contributed by atoms with Crippen molar-refractivity contribution in [2.45, 2.75) is 18.7 Å². The highest BCUT2D eigenvalue weighted by molar-refractivity contribution is 7.99. The van der Waals surface area contributed by atoms with E-state index in [0.717, 1.165) is 21.9 Å². The molecule has 3 nitrogen and oxygen atoms in total. The second-order valence-corrected chi connectivity index (χ2v) is 4.72. The number of nitrogens with two attached hydrogens (primary N) is 1. The van der Waals surface area contributed by atoms with Crippen LogP contribution in [0, 0.1) is 6.92 Å². The number of methoxy groups -OCH3 is 1. The summed E-state index contributed by atoms with van der Waals surface area (Å²) in [6.07, 6.45) is 1.86. The first kappa shape index (κ1) is 13.6. The number of carbonyl (C=O) groups is 1. The molecule has 92 valence electrons. The highest BCUT2D eigenvalue weighted by atomic mass is 32.2. The number of ether oxygens (including phenoxy) is 1. The van der Waals surface area contributed by atoms with Crippen LogP contribution in [0.25, 0.3) is 0 Å². The third-order valence-electron chi connectivity index (χ3n) is 2.46. The predicted octanol–water partition coefficient (Wildman–Crippen LogP) is 2.79. The van der Waals surface area contributed by atoms with Gasteiger partial charge in [0.2, 0.25) is 0 Å². The van der Waals surface area contributed by atoms with Crippen LogP contribution in [0.2, 0.25) is 0 Å². The van der Waals surface area contributed by atoms with Gasteiger partial charge < -0.3 is 10.5 Å². The number of nitrogen functional groups attached to an aromatic ring is 1. The van der Waals surface area contributed by atoms with E-state index in [4.69, 9.17) is 5.73 Å². The summed E-state index contributed by atoms with van der Waals surface area (Å²) in [5, 5.41) is 0. The molecule has 0 unspecified atom stereocenters. The summed E-state index contributed by atoms with van der Waals surface area (Å²) >= 11 is 1.65. The number of anilines is 1. The lowest BCUT2D eigenvalue weighted by Gasteiger charge is -2.06. The molecule has 1 aromatic carbocycles. The van der Waals surface area contributed by atoms with Gasteiger partial charge in [-0.2, -0.15) is 0 Å². The second-order valence-electron chi connectivity index (χ2n) is 3.66. The van der Waals surface area contributed by atoms with Crippen LogP contribution in [0.5, 0.6) is 0 Å². The summed E-state index contributed by atoms with van der Waals surface area (Å²) in [7, 11) is 1.38. The van der Waals surface area contributed by atoms with E-state index in [0.29, 0.717) is 5.57 Å². The number of benzene rings is 1. The van der Waals surface area contributed by atoms with Gasteiger partial charge >= 0.3 is 5.97 Å². The molecule has 0 radical (unpaired) electrons. The Morgan fingerprint density at radius 3 is 2.88 bits per heavy atom. The summed E-state index contributed by atoms with van der Waals surface area (Å²) in [6, 6.07) is 5.84. The van der Waals surface area contributed by atoms with E-state index < -0.39 is 0 Å². The first-order valence-corrected chi connectivity index (χ1v) is 6.27. The maximum absolute atomic E-state index is 11.2. The van der Waals surface area contributed by atoms with Crippen LogP contribution in [-0.4, -0.2) is 18.8 Å². The average Bonchev–Trinajstić information content (AvgIpc) is 2.33. The highest BCUT2D eigenvalue weighted by Crippen LogP contribution is 2.26. The van der Waals surface area contributed by atoms with Gasteiger partial charge in [0.25, 0.3) is 0 Å². The molecule has 4 heteroatoms. The van der Waals surface area contributed by atoms with E-state index in [2.05, 4.69) is 4.74 Å². The molecular formula is C13H17NO2S. The maximum atomic E-state index is 11.2. The van der Waals surface area contributed by atoms with Crippen molar-refractivity contribution in [3.63, 3.8) is 0 Å². The van der Waals surface area contributed by atoms with Gasteiger partial charge in [0.15, 0.2) is 0 Å². The Hall–Kier alpha value is -1.42. The maximum Gasteiger partial charge on any atom is 0.333 e. The molecule has 0 saturated carbocycles. The zero-order valence-electron chi connectivity index (χ0n) is 10.3. The molecule has 0 spiro atoms. The number of hydrogen-bond donors (Lipinski definition) is 1. The number of hydrogen-bond acceptors (Lipinski definition) is 4. The fourth-order valence-electron chi connectivity index (χ4n) is 1.29. The van der Waals surface area contributed by atoms with Crippen molar-refractivity contribution in [3.8, 4) is 0 Å². The minimum absolute atomic E-state index is 0.283. The van der Waals surface area contributed by atoms with Gasteiger partial charge in [0.1, 0.15) is 0 Å². The molecule has 0 heterocycles. The summed E-state index contributed by atoms with van der Waals surface area (Å²) in [5.41, 5.74) is 8.33. The summed E-state index contributed by atoms with van der Waals surface area (Å²) in [6.45, 7) is 3.74. The zero-order valence-corrected chi connectivity index (χ0v) is 11.1. The van der Waals surface area contributed by atoms with E-state index in [1.165, 1.54) is 7.11 Å². The fraction of sp³-hybridized carbons (Fsp3) is 0.308. The van der Waals surface area contributed by atoms with Gasteiger partial charge in [-0.05, 0) is 31.5 Å². The van der Waals surface area contributed by atoms with E-state index in [1.807, 2.05) is 31.2 Å². The standard InChI is InChI=1S/C13H17NO2S/c1-9(13(15)16-3)7-8-17-12-6-4-5-11(14)10(12)2/h4-7H,8,14H2,1-3H3. The van der Waals surface area contributed by atoms with Crippen molar-refractivity contribution < 1.29 is 9.53 Å². The van der Waals surface area contributed by atoms with Crippen LogP contribution in [0.4, 0.5) is 5.69 Å². The summed E-state index contributed by atoms with van der Waals surface area (Å²) in [5.74, 6) is 0.445. The molecule has 2 N–H and O–H groups in total. The Bertz CT molecular complexity index is 441. The van der Waals surface area contributed by atoms with Gasteiger partial charge in [-0.25, -0.2) is 4.79 Å². The Kier molecular flexibility index (Phi) is 5.10. The molecule has 1 rings (SSSR count). The van der Waals surface area contributed by atoms with Crippen molar-refractivity contribution in [2.75, 3.05) is 18.6 Å². The number of esters is 1. The molecule has 0 aliphatic carbocycles. The van der Waals surface area contributed by atoms with Crippen LogP contribution in [-0.2, 0) is 9.53 Å². The van der Waals surface area contributed by atoms with E-state index in [1.54, 1.807) is 18.7 Å². The Morgan fingerprint density at radius 1 is 1.53 bits per heavy atom. The van der Waals surface area contributed by atoms with Crippen molar-refractivity contribution in [3.05, 3.63) is 35.4 Å². The largest absolute Gasteiger partial charge is 0.466 e. The summed E-state index contributed by atoms with van der Waals surface area (Å²) < 4.78 is 4.62. The third-order valence-corrected chi connectivity index (χ3v) is 3.55. The number of thioether (sulfide) groups is 1. The Morgan fingerprint density at radius 2 is 2.24 bits per heavy atom. The molecule has 1 aromatic rings. The molecule has 0 aliphatic rings. The Balaban J connectivity index is 2.63. The minimum atomic E-state index is -0.283. The van der Waals surface area contributed by atoms with Crippen molar-refractivity contribution in [1.29, 1.82) is 0 Å². The number of carbonyl (C=O) groups excluding carboxylic acids is 1. The van der Waals surface area contributed by atoms with Gasteiger partial charge in [-0.3, -0.25) is 0 Å². The molecule has 0 amide bonds. The lowest BCUT2D eigenvalue weighted by atomic mass is 10.2. The minimum Gasteiger partial charge on any atom is -0.466 e. The van der Waals surface area contributed by atoms with Gasteiger partial charge in [-0.1, -0.05) is 12.1 Å². The predicted molar refractivity (Wildman–Crippen MR) is 72.1 cm³/mol. The van der Waals surface area contributed by atoms with Crippen molar-refractivity contribution in [2.24, 2.45) is 0 Å². The van der Waals surface area contributed by atoms with E-state index >= 15 is 0 Å². The van der Waals surface area contributed by atoms with Gasteiger partial charge in [-0.15, -0.1) is 11.8 Å². The van der Waals surface area contributed by atoms with Crippen LogP contribution < -0.4 is 5.73 Å². The molecule has 17 heavy (non-hydrogen) atoms. The third kappa shape index (κ3) is 3.82. The SMILES string of the molecule is COC(=O)C(C)=CCSc1cccc(N)c1C. The van der Waals surface area contributed by atoms with E-state index in [9.17, 15) is 4.79 Å². The fourth-order valence-corrected chi connectivity index (χ4v) is 2.31. The Labute approximate surface area is 106 Å². The lowest BCUT2D eigenvalue weighted by Crippen LogP contribution is -2.01. The number of rotatable bonds is 4. The average molecular weight is 251 g/mol. The first-order chi connectivity index (χ1) is 8.06. The first-order valence-electron chi connectivity index (χ1n) is 5.29. The van der Waals surface area contributed by atoms with Crippen molar-refractivity contribution in [1.82, 2.24) is 0 Å². The van der Waals surface area contributed by atoms with E-state index in [-0.39, 0.29) is 5.97 Å². The highest BCUT2D eigenvalue weighted by Gasteiger charge is 2.03. The van der Waals surface area contributed by atoms with Gasteiger partial charge in [0, 0.05) is 21.9 Å². The molecule has 0 atom stereocenters. The molecular weight excluding hydrogens is 234 g/mol. The molecule has 0 aliphatic heterocycles. The van der Waals surface area contributed by atoms with Crippen LogP contribution in [0.15, 0.2) is 34.7 Å². The molecule has 0 fully saturated rings. The molecule has 0 bridgehead atoms. The molecule has 0 aromatic heterocycles. The normalized spacial score (nSPS) is 11.4. The van der Waals surface area contributed by atoms with Gasteiger partial charge in [0.05, 0.1) is 7.11 Å².